The molecule has 0 bridgehead atoms. The lowest BCUT2D eigenvalue weighted by Crippen LogP contribution is -2.60. The number of phenolic OH excluding ortho intramolecular Hbond substituents is 1. The van der Waals surface area contributed by atoms with Crippen LogP contribution in [-0.2, 0) is 20.8 Å². The van der Waals surface area contributed by atoms with Crippen molar-refractivity contribution in [1.29, 1.82) is 0 Å². The molecule has 0 spiro atoms. The number of para-hydroxylation sites is 1. The molecule has 18 heteroatoms. The number of hydrogen-bond donors (Lipinski definition) is 6. The summed E-state index contributed by atoms with van der Waals surface area (Å²) in [6.07, 6.45) is -0.221. The van der Waals surface area contributed by atoms with Crippen molar-refractivity contribution >= 4 is 36.8 Å². The molecule has 2 aromatic rings. The van der Waals surface area contributed by atoms with E-state index in [1.807, 2.05) is 5.32 Å². The number of hydrogen-bond acceptors (Lipinski definition) is 9. The number of benzene rings is 2. The smallest absolute Gasteiger partial charge is 0.534 e. The van der Waals surface area contributed by atoms with E-state index in [4.69, 9.17) is 10.4 Å². The van der Waals surface area contributed by atoms with E-state index in [-0.39, 0.29) is 55.5 Å². The molecule has 222 valence electrons. The largest absolute Gasteiger partial charge is 0.547 e. The maximum atomic E-state index is 14.9. The Morgan fingerprint density at radius 3 is 2.52 bits per heavy atom. The maximum absolute atomic E-state index is 14.9. The standard InChI is InChI=1S/C24H23BF3N5O9/c26-13-9-12(15(27)16(28)18(13)34)17(31-24(40)33-7-6-32(5-4-29)21(36)22(33)37)20(35)30-14-8-10-2-1-3-11(23(38)39)19(10)42-25(14)41/h1-3,9,14,17,34,41H,4-8,29H2,(H,30,35)(H,31,40)(H,38,39). The summed E-state index contributed by atoms with van der Waals surface area (Å²) in [5.41, 5.74) is 4.27. The number of halogens is 3. The van der Waals surface area contributed by atoms with Crippen LogP contribution < -0.4 is 21.0 Å². The summed E-state index contributed by atoms with van der Waals surface area (Å²) >= 11 is 0. The number of urea groups is 1. The number of carboxylic acids is 1. The minimum atomic E-state index is -2.27. The third kappa shape index (κ3) is 5.66. The summed E-state index contributed by atoms with van der Waals surface area (Å²) < 4.78 is 48.6. The predicted molar refractivity (Wildman–Crippen MR) is 134 cm³/mol. The Hall–Kier alpha value is -4.84. The number of aromatic carboxylic acids is 1. The number of aromatic hydroxyl groups is 1. The average molecular weight is 593 g/mol. The zero-order chi connectivity index (χ0) is 30.9. The number of amides is 5. The van der Waals surface area contributed by atoms with E-state index in [0.717, 1.165) is 4.90 Å². The molecule has 7 N–H and O–H groups in total. The maximum Gasteiger partial charge on any atom is 0.547 e. The van der Waals surface area contributed by atoms with E-state index in [0.29, 0.717) is 4.90 Å². The number of piperazine rings is 1. The Balaban J connectivity index is 1.63. The molecular formula is C24H23BF3N5O9. The number of nitrogens with two attached hydrogens (primary N) is 1. The lowest BCUT2D eigenvalue weighted by atomic mass is 9.72. The van der Waals surface area contributed by atoms with Gasteiger partial charge in [-0.1, -0.05) is 12.1 Å². The summed E-state index contributed by atoms with van der Waals surface area (Å²) in [5, 5.41) is 33.5. The Bertz CT molecular complexity index is 1480. The fourth-order valence-corrected chi connectivity index (χ4v) is 4.52. The monoisotopic (exact) mass is 593 g/mol. The van der Waals surface area contributed by atoms with Crippen molar-refractivity contribution in [2.45, 2.75) is 18.4 Å². The van der Waals surface area contributed by atoms with Gasteiger partial charge in [-0.2, -0.15) is 4.39 Å². The van der Waals surface area contributed by atoms with Gasteiger partial charge >= 0.3 is 30.9 Å². The normalized spacial score (nSPS) is 17.4. The van der Waals surface area contributed by atoms with Crippen LogP contribution in [0.4, 0.5) is 18.0 Å². The molecule has 2 aromatic carbocycles. The zero-order valence-electron chi connectivity index (χ0n) is 21.5. The molecule has 42 heavy (non-hydrogen) atoms. The molecular weight excluding hydrogens is 570 g/mol. The third-order valence-corrected chi connectivity index (χ3v) is 6.63. The van der Waals surface area contributed by atoms with Crippen molar-refractivity contribution in [3.05, 3.63) is 58.4 Å². The second-order valence-electron chi connectivity index (χ2n) is 9.27. The van der Waals surface area contributed by atoms with Gasteiger partial charge in [-0.3, -0.25) is 19.3 Å². The fraction of sp³-hybridized carbons (Fsp3) is 0.292. The van der Waals surface area contributed by atoms with Gasteiger partial charge in [0.25, 0.3) is 0 Å². The Morgan fingerprint density at radius 2 is 1.86 bits per heavy atom. The van der Waals surface area contributed by atoms with Gasteiger partial charge in [0, 0.05) is 31.7 Å². The molecule has 2 heterocycles. The molecule has 4 rings (SSSR count). The Labute approximate surface area is 235 Å². The number of carbonyl (C=O) groups excluding carboxylic acids is 4. The molecule has 0 saturated carbocycles. The fourth-order valence-electron chi connectivity index (χ4n) is 4.52. The number of fused-ring (bicyclic) bond motifs is 1. The van der Waals surface area contributed by atoms with Gasteiger partial charge in [0.15, 0.2) is 17.4 Å². The molecule has 2 aliphatic rings. The molecule has 0 aromatic heterocycles. The second-order valence-corrected chi connectivity index (χ2v) is 9.27. The van der Waals surface area contributed by atoms with Crippen LogP contribution in [0.2, 0.25) is 0 Å². The van der Waals surface area contributed by atoms with Crippen molar-refractivity contribution in [3.8, 4) is 11.5 Å². The highest BCUT2D eigenvalue weighted by atomic mass is 19.2. The summed E-state index contributed by atoms with van der Waals surface area (Å²) in [6, 6.07) is 0.624. The first kappa shape index (κ1) is 30.1. The van der Waals surface area contributed by atoms with Gasteiger partial charge < -0.3 is 41.2 Å². The summed E-state index contributed by atoms with van der Waals surface area (Å²) in [7, 11) is -1.86. The van der Waals surface area contributed by atoms with E-state index >= 15 is 0 Å². The van der Waals surface area contributed by atoms with E-state index in [9.17, 15) is 52.4 Å². The quantitative estimate of drug-likeness (QED) is 0.131. The molecule has 14 nitrogen and oxygen atoms in total. The lowest BCUT2D eigenvalue weighted by Gasteiger charge is -2.33. The van der Waals surface area contributed by atoms with Crippen molar-refractivity contribution in [2.24, 2.45) is 5.73 Å². The van der Waals surface area contributed by atoms with Crippen LogP contribution in [0.3, 0.4) is 0 Å². The lowest BCUT2D eigenvalue weighted by molar-refractivity contribution is -0.153. The van der Waals surface area contributed by atoms with Crippen LogP contribution in [0, 0.1) is 17.5 Å². The van der Waals surface area contributed by atoms with Crippen molar-refractivity contribution < 1.29 is 57.0 Å². The third-order valence-electron chi connectivity index (χ3n) is 6.63. The highest BCUT2D eigenvalue weighted by Crippen LogP contribution is 2.32. The van der Waals surface area contributed by atoms with Crippen LogP contribution in [0.1, 0.15) is 27.5 Å². The number of nitrogens with one attached hydrogen (secondary N) is 2. The first-order chi connectivity index (χ1) is 19.8. The predicted octanol–water partition coefficient (Wildman–Crippen LogP) is -0.972. The average Bonchev–Trinajstić information content (AvgIpc) is 2.95. The number of phenols is 1. The van der Waals surface area contributed by atoms with Crippen molar-refractivity contribution in [1.82, 2.24) is 20.4 Å². The van der Waals surface area contributed by atoms with Crippen LogP contribution in [-0.4, -0.2) is 94.0 Å². The first-order valence-electron chi connectivity index (χ1n) is 12.3. The van der Waals surface area contributed by atoms with Gasteiger partial charge in [0.05, 0.1) is 11.5 Å². The van der Waals surface area contributed by atoms with E-state index < -0.39 is 77.6 Å². The summed E-state index contributed by atoms with van der Waals surface area (Å²) in [4.78, 5) is 64.2. The van der Waals surface area contributed by atoms with Gasteiger partial charge in [-0.25, -0.2) is 18.4 Å². The minimum Gasteiger partial charge on any atom is -0.534 e. The van der Waals surface area contributed by atoms with E-state index in [1.54, 1.807) is 0 Å². The molecule has 5 amide bonds. The first-order valence-corrected chi connectivity index (χ1v) is 12.3. The van der Waals surface area contributed by atoms with Gasteiger partial charge in [0.2, 0.25) is 11.7 Å². The van der Waals surface area contributed by atoms with Crippen molar-refractivity contribution in [2.75, 3.05) is 26.2 Å². The van der Waals surface area contributed by atoms with Gasteiger partial charge in [0.1, 0.15) is 11.8 Å². The number of nitrogens with zero attached hydrogens (tertiary/aromatic N) is 2. The van der Waals surface area contributed by atoms with Gasteiger partial charge in [-0.05, 0) is 24.1 Å². The Kier molecular flexibility index (Phi) is 8.58. The number of rotatable bonds is 7. The van der Waals surface area contributed by atoms with E-state index in [2.05, 4.69) is 5.32 Å². The number of carbonyl (C=O) groups is 5. The van der Waals surface area contributed by atoms with Crippen LogP contribution >= 0.6 is 0 Å². The summed E-state index contributed by atoms with van der Waals surface area (Å²) in [6.45, 7) is -0.426. The highest BCUT2D eigenvalue weighted by molar-refractivity contribution is 6.47. The second kappa shape index (κ2) is 12.0. The molecule has 1 saturated heterocycles. The molecule has 2 unspecified atom stereocenters. The molecule has 2 atom stereocenters. The molecule has 0 aliphatic carbocycles. The minimum absolute atomic E-state index is 0.0191. The van der Waals surface area contributed by atoms with Crippen LogP contribution in [0.15, 0.2) is 24.3 Å². The number of imide groups is 1. The summed E-state index contributed by atoms with van der Waals surface area (Å²) in [5.74, 6) is -14.0. The number of carboxylic acid groups (broad SMARTS) is 1. The molecule has 1 fully saturated rings. The van der Waals surface area contributed by atoms with Gasteiger partial charge in [-0.15, -0.1) is 0 Å². The SMILES string of the molecule is NCCN1CCN(C(=O)NC(C(=O)NC2Cc3cccc(C(=O)O)c3OB2O)c2cc(F)c(O)c(F)c2F)C(=O)C1=O. The Morgan fingerprint density at radius 1 is 1.14 bits per heavy atom. The van der Waals surface area contributed by atoms with Crippen molar-refractivity contribution in [3.63, 3.8) is 0 Å². The topological polar surface area (TPSA) is 212 Å². The van der Waals surface area contributed by atoms with Crippen LogP contribution in [0.5, 0.6) is 11.5 Å². The zero-order valence-corrected chi connectivity index (χ0v) is 21.5. The highest BCUT2D eigenvalue weighted by Gasteiger charge is 2.42. The van der Waals surface area contributed by atoms with Crippen LogP contribution in [0.25, 0.3) is 0 Å². The molecule has 2 aliphatic heterocycles. The van der Waals surface area contributed by atoms with E-state index in [1.165, 1.54) is 18.2 Å². The molecule has 0 radical (unpaired) electrons.